The van der Waals surface area contributed by atoms with Gasteiger partial charge in [0.25, 0.3) is 14.4 Å². The molecule has 0 bridgehead atoms. The monoisotopic (exact) mass is 813 g/mol. The van der Waals surface area contributed by atoms with Gasteiger partial charge in [-0.1, -0.05) is 54.6 Å². The highest BCUT2D eigenvalue weighted by Crippen LogP contribution is 2.48. The molecule has 0 aromatic heterocycles. The summed E-state index contributed by atoms with van der Waals surface area (Å²) in [6, 6.07) is 30.6. The number of nitrogens with zero attached hydrogens (tertiary/aromatic N) is 2. The average molecular weight is 814 g/mol. The van der Waals surface area contributed by atoms with Gasteiger partial charge in [0.1, 0.15) is 23.2 Å². The molecule has 1 amide bonds. The predicted molar refractivity (Wildman–Crippen MR) is 220 cm³/mol. The first-order chi connectivity index (χ1) is 27.9. The quantitative estimate of drug-likeness (QED) is 0.0341. The Morgan fingerprint density at radius 1 is 0.810 bits per heavy atom. The van der Waals surface area contributed by atoms with Crippen molar-refractivity contribution in [2.75, 3.05) is 40.6 Å². The number of aromatic carboxylic acids is 1. The molecule has 0 heterocycles. The molecule has 0 saturated carbocycles. The van der Waals surface area contributed by atoms with E-state index in [1.165, 1.54) is 12.1 Å². The minimum Gasteiger partial charge on any atom is -0.497 e. The van der Waals surface area contributed by atoms with Gasteiger partial charge in [-0.05, 0) is 93.8 Å². The van der Waals surface area contributed by atoms with E-state index in [2.05, 4.69) is 16.1 Å². The van der Waals surface area contributed by atoms with Gasteiger partial charge >= 0.3 is 11.9 Å². The summed E-state index contributed by atoms with van der Waals surface area (Å²) in [5, 5.41) is 22.0. The van der Waals surface area contributed by atoms with Crippen LogP contribution in [-0.4, -0.2) is 86.4 Å². The largest absolute Gasteiger partial charge is 0.497 e. The van der Waals surface area contributed by atoms with Crippen LogP contribution in [0.4, 0.5) is 0 Å². The number of carboxylic acid groups (broad SMARTS) is 1. The molecule has 13 nitrogen and oxygen atoms in total. The molecule has 4 aromatic carbocycles. The van der Waals surface area contributed by atoms with Gasteiger partial charge in [0, 0.05) is 24.2 Å². The van der Waals surface area contributed by atoms with Gasteiger partial charge in [-0.25, -0.2) is 14.3 Å². The number of carboxylic acids is 1. The second kappa shape index (κ2) is 22.0. The lowest BCUT2D eigenvalue weighted by Gasteiger charge is -2.39. The molecule has 58 heavy (non-hydrogen) atoms. The number of benzene rings is 4. The van der Waals surface area contributed by atoms with Gasteiger partial charge in [0.05, 0.1) is 57.7 Å². The van der Waals surface area contributed by atoms with Crippen LogP contribution < -0.4 is 14.8 Å². The van der Waals surface area contributed by atoms with Gasteiger partial charge in [-0.3, -0.25) is 4.79 Å². The van der Waals surface area contributed by atoms with E-state index in [0.717, 1.165) is 22.8 Å². The number of ether oxygens (including phenoxy) is 4. The van der Waals surface area contributed by atoms with Crippen molar-refractivity contribution < 1.29 is 47.5 Å². The van der Waals surface area contributed by atoms with Crippen LogP contribution in [0, 0.1) is 11.3 Å². The van der Waals surface area contributed by atoms with Crippen molar-refractivity contribution in [2.24, 2.45) is 0 Å². The minimum absolute atomic E-state index is 0.0218. The van der Waals surface area contributed by atoms with Crippen molar-refractivity contribution in [2.45, 2.75) is 64.8 Å². The van der Waals surface area contributed by atoms with Crippen molar-refractivity contribution in [3.63, 3.8) is 0 Å². The lowest BCUT2D eigenvalue weighted by molar-refractivity contribution is -0.0333. The number of carbonyl (C=O) groups is 3. The number of methoxy groups -OCH3 is 2. The molecule has 0 spiro atoms. The Kier molecular flexibility index (Phi) is 17.2. The van der Waals surface area contributed by atoms with Crippen LogP contribution in [-0.2, 0) is 24.1 Å². The van der Waals surface area contributed by atoms with Crippen molar-refractivity contribution in [1.82, 2.24) is 9.99 Å². The molecule has 14 heteroatoms. The van der Waals surface area contributed by atoms with Crippen molar-refractivity contribution in [3.05, 3.63) is 130 Å². The van der Waals surface area contributed by atoms with E-state index >= 15 is 0 Å². The summed E-state index contributed by atoms with van der Waals surface area (Å²) >= 11 is 0. The molecule has 0 fully saturated rings. The fourth-order valence-electron chi connectivity index (χ4n) is 6.36. The molecule has 2 unspecified atom stereocenters. The summed E-state index contributed by atoms with van der Waals surface area (Å²) in [6.07, 6.45) is -0.734. The normalized spacial score (nSPS) is 12.5. The van der Waals surface area contributed by atoms with Gasteiger partial charge in [0.15, 0.2) is 0 Å². The van der Waals surface area contributed by atoms with Crippen LogP contribution in [0.3, 0.4) is 0 Å². The summed E-state index contributed by atoms with van der Waals surface area (Å²) in [7, 11) is 1.38. The summed E-state index contributed by atoms with van der Waals surface area (Å²) in [5.74, 6) is -1.41. The second-order valence-corrected chi connectivity index (χ2v) is 15.0. The summed E-state index contributed by atoms with van der Waals surface area (Å²) in [5.41, 5.74) is 0.757. The van der Waals surface area contributed by atoms with Crippen molar-refractivity contribution in [1.29, 1.82) is 5.26 Å². The van der Waals surface area contributed by atoms with Crippen molar-refractivity contribution >= 4 is 26.4 Å². The number of carbonyl (C=O) groups excluding carboxylic acids is 2. The van der Waals surface area contributed by atoms with Gasteiger partial charge < -0.3 is 38.4 Å². The zero-order valence-corrected chi connectivity index (χ0v) is 34.9. The SMILES string of the molecule is CCOC(=O)c1cc(C(=O)O)cc(C(=O)NCC(COC(c2ccccc2)(c2ccc(OC)cc2)c2ccc(OC)cc2)OP(OCCC#N)N(C(C)C)C(C)C)c1. The lowest BCUT2D eigenvalue weighted by atomic mass is 9.80. The Morgan fingerprint density at radius 3 is 1.84 bits per heavy atom. The zero-order valence-electron chi connectivity index (χ0n) is 34.0. The molecule has 0 aliphatic rings. The zero-order chi connectivity index (χ0) is 42.2. The lowest BCUT2D eigenvalue weighted by Crippen LogP contribution is -2.42. The average Bonchev–Trinajstić information content (AvgIpc) is 3.23. The van der Waals surface area contributed by atoms with Crippen LogP contribution in [0.25, 0.3) is 0 Å². The third kappa shape index (κ3) is 11.6. The van der Waals surface area contributed by atoms with Gasteiger partial charge in [-0.15, -0.1) is 0 Å². The number of rotatable bonds is 22. The number of hydrogen-bond donors (Lipinski definition) is 2. The number of amides is 1. The number of esters is 1. The molecule has 4 aromatic rings. The highest BCUT2D eigenvalue weighted by molar-refractivity contribution is 7.44. The Balaban J connectivity index is 1.83. The molecule has 0 radical (unpaired) electrons. The molecule has 0 saturated heterocycles. The Labute approximate surface area is 341 Å². The topological polar surface area (TPSA) is 166 Å². The molecule has 4 rings (SSSR count). The van der Waals surface area contributed by atoms with Crippen molar-refractivity contribution in [3.8, 4) is 17.6 Å². The van der Waals surface area contributed by atoms with Crippen LogP contribution in [0.5, 0.6) is 11.5 Å². The van der Waals surface area contributed by atoms with Gasteiger partial charge in [-0.2, -0.15) is 5.26 Å². The first-order valence-corrected chi connectivity index (χ1v) is 20.1. The second-order valence-electron chi connectivity index (χ2n) is 13.6. The highest BCUT2D eigenvalue weighted by Gasteiger charge is 2.40. The molecule has 2 atom stereocenters. The van der Waals surface area contributed by atoms with Gasteiger partial charge in [0.2, 0.25) is 0 Å². The predicted octanol–water partition coefficient (Wildman–Crippen LogP) is 7.98. The van der Waals surface area contributed by atoms with Crippen LogP contribution >= 0.6 is 8.53 Å². The third-order valence-electron chi connectivity index (χ3n) is 9.00. The summed E-state index contributed by atoms with van der Waals surface area (Å²) < 4.78 is 38.4. The highest BCUT2D eigenvalue weighted by atomic mass is 31.2. The molecule has 0 aliphatic heterocycles. The molecular weight excluding hydrogens is 761 g/mol. The van der Waals surface area contributed by atoms with Crippen LogP contribution in [0.1, 0.15) is 88.8 Å². The standard InChI is InChI=1S/C44H52N3O10P/c1-8-54-43(51)34-26-32(25-33(27-34)42(49)50)41(48)46-28-40(57-58(56-24-12-23-45)47(30(2)3)31(4)5)29-55-44(35-13-10-9-11-14-35,36-15-19-38(52-6)20-16-36)37-17-21-39(53-7)22-18-37/h9-11,13-22,25-27,30-31,40H,8,12,24,28-29H2,1-7H3,(H,46,48)(H,49,50). The van der Waals surface area contributed by atoms with E-state index in [1.54, 1.807) is 21.1 Å². The fourth-order valence-corrected chi connectivity index (χ4v) is 8.06. The molecule has 308 valence electrons. The number of nitriles is 1. The Hall–Kier alpha value is -5.35. The Morgan fingerprint density at radius 2 is 1.34 bits per heavy atom. The maximum atomic E-state index is 13.8. The fraction of sp³-hybridized carbons (Fsp3) is 0.364. The minimum atomic E-state index is -1.82. The third-order valence-corrected chi connectivity index (χ3v) is 11.2. The van der Waals surface area contributed by atoms with E-state index in [1.807, 2.05) is 107 Å². The van der Waals surface area contributed by atoms with E-state index in [0.29, 0.717) is 11.5 Å². The number of nitrogens with one attached hydrogen (secondary N) is 1. The smallest absolute Gasteiger partial charge is 0.338 e. The first kappa shape index (κ1) is 45.4. The van der Waals surface area contributed by atoms with Crippen LogP contribution in [0.2, 0.25) is 0 Å². The maximum absolute atomic E-state index is 13.8. The molecule has 2 N–H and O–H groups in total. The van der Waals surface area contributed by atoms with Crippen LogP contribution in [0.15, 0.2) is 97.1 Å². The van der Waals surface area contributed by atoms with E-state index in [4.69, 9.17) is 28.0 Å². The van der Waals surface area contributed by atoms with E-state index < -0.39 is 38.1 Å². The number of hydrogen-bond acceptors (Lipinski definition) is 11. The summed E-state index contributed by atoms with van der Waals surface area (Å²) in [4.78, 5) is 38.5. The maximum Gasteiger partial charge on any atom is 0.338 e. The first-order valence-electron chi connectivity index (χ1n) is 19.0. The Bertz CT molecular complexity index is 1930. The molecular formula is C44H52N3O10P. The van der Waals surface area contributed by atoms with E-state index in [-0.39, 0.29) is 61.6 Å². The summed E-state index contributed by atoms with van der Waals surface area (Å²) in [6.45, 7) is 9.66. The van der Waals surface area contributed by atoms with E-state index in [9.17, 15) is 24.8 Å². The molecule has 0 aliphatic carbocycles.